The van der Waals surface area contributed by atoms with Crippen LogP contribution < -0.4 is 5.69 Å². The number of hydrogen-bond acceptors (Lipinski definition) is 4. The normalized spacial score (nSPS) is 11.3. The van der Waals surface area contributed by atoms with Crippen molar-refractivity contribution in [1.29, 1.82) is 0 Å². The Hall–Kier alpha value is -2.37. The molecule has 0 aliphatic heterocycles. The molecule has 19 heavy (non-hydrogen) atoms. The Labute approximate surface area is 109 Å². The molecule has 0 spiro atoms. The maximum absolute atomic E-state index is 12.4. The summed E-state index contributed by atoms with van der Waals surface area (Å²) in [5.41, 5.74) is 1.76. The van der Waals surface area contributed by atoms with Crippen LogP contribution in [-0.2, 0) is 13.1 Å². The Kier molecular flexibility index (Phi) is 2.70. The number of aromatic nitrogens is 4. The molecule has 0 atom stereocenters. The average Bonchev–Trinajstić information content (AvgIpc) is 2.93. The van der Waals surface area contributed by atoms with E-state index in [0.717, 1.165) is 11.0 Å². The van der Waals surface area contributed by atoms with Gasteiger partial charge in [-0.3, -0.25) is 9.13 Å². The first-order chi connectivity index (χ1) is 9.20. The number of nitrogens with zero attached hydrogens (tertiary/aromatic N) is 4. The smallest absolute Gasteiger partial charge is 0.329 e. The topological polar surface area (TPSA) is 65.8 Å². The zero-order valence-electron chi connectivity index (χ0n) is 10.8. The number of imidazole rings is 1. The maximum Gasteiger partial charge on any atom is 0.329 e. The van der Waals surface area contributed by atoms with Crippen molar-refractivity contribution >= 4 is 11.0 Å². The van der Waals surface area contributed by atoms with Crippen molar-refractivity contribution in [3.63, 3.8) is 0 Å². The largest absolute Gasteiger partial charge is 0.340 e. The lowest BCUT2D eigenvalue weighted by molar-refractivity contribution is 0.386. The van der Waals surface area contributed by atoms with Crippen LogP contribution in [0.3, 0.4) is 0 Å². The highest BCUT2D eigenvalue weighted by atomic mass is 16.5. The number of para-hydroxylation sites is 2. The van der Waals surface area contributed by atoms with Gasteiger partial charge in [-0.05, 0) is 19.1 Å². The van der Waals surface area contributed by atoms with E-state index in [1.807, 2.05) is 31.2 Å². The molecule has 2 aromatic heterocycles. The van der Waals surface area contributed by atoms with Crippen LogP contribution in [0.15, 0.2) is 33.6 Å². The van der Waals surface area contributed by atoms with Crippen LogP contribution >= 0.6 is 0 Å². The van der Waals surface area contributed by atoms with Gasteiger partial charge in [0.15, 0.2) is 5.82 Å². The van der Waals surface area contributed by atoms with Crippen LogP contribution in [0.1, 0.15) is 18.6 Å². The highest BCUT2D eigenvalue weighted by Crippen LogP contribution is 2.13. The molecule has 2 heterocycles. The molecule has 6 nitrogen and oxygen atoms in total. The van der Waals surface area contributed by atoms with Gasteiger partial charge in [0.05, 0.1) is 17.6 Å². The number of aryl methyl sites for hydroxylation is 2. The molecule has 0 N–H and O–H groups in total. The Balaban J connectivity index is 2.18. The fourth-order valence-corrected chi connectivity index (χ4v) is 2.28. The van der Waals surface area contributed by atoms with Crippen LogP contribution in [0.25, 0.3) is 11.0 Å². The predicted octanol–water partition coefficient (Wildman–Crippen LogP) is 1.56. The molecule has 3 rings (SSSR count). The Morgan fingerprint density at radius 2 is 1.89 bits per heavy atom. The predicted molar refractivity (Wildman–Crippen MR) is 70.0 cm³/mol. The summed E-state index contributed by atoms with van der Waals surface area (Å²) < 4.78 is 8.35. The van der Waals surface area contributed by atoms with Crippen LogP contribution in [0, 0.1) is 6.92 Å². The lowest BCUT2D eigenvalue weighted by atomic mass is 10.3. The molecule has 0 aliphatic rings. The van der Waals surface area contributed by atoms with Crippen molar-refractivity contribution in [3.8, 4) is 0 Å². The Morgan fingerprint density at radius 3 is 2.47 bits per heavy atom. The van der Waals surface area contributed by atoms with Gasteiger partial charge in [-0.2, -0.15) is 4.98 Å². The van der Waals surface area contributed by atoms with Crippen molar-refractivity contribution in [1.82, 2.24) is 19.3 Å². The molecule has 98 valence electrons. The number of fused-ring (bicyclic) bond motifs is 1. The minimum atomic E-state index is -0.0499. The van der Waals surface area contributed by atoms with Crippen LogP contribution in [0.4, 0.5) is 0 Å². The number of benzene rings is 1. The molecule has 0 bridgehead atoms. The van der Waals surface area contributed by atoms with Gasteiger partial charge in [0.2, 0.25) is 5.89 Å². The summed E-state index contributed by atoms with van der Waals surface area (Å²) in [5, 5.41) is 3.84. The van der Waals surface area contributed by atoms with E-state index < -0.39 is 0 Å². The van der Waals surface area contributed by atoms with Gasteiger partial charge in [-0.15, -0.1) is 0 Å². The molecule has 0 amide bonds. The molecule has 0 aliphatic carbocycles. The van der Waals surface area contributed by atoms with Gasteiger partial charge in [-0.1, -0.05) is 17.3 Å². The molecule has 0 saturated heterocycles. The lowest BCUT2D eigenvalue weighted by Gasteiger charge is -1.97. The molecule has 1 aromatic carbocycles. The van der Waals surface area contributed by atoms with Gasteiger partial charge in [0, 0.05) is 13.5 Å². The maximum atomic E-state index is 12.4. The summed E-state index contributed by atoms with van der Waals surface area (Å²) >= 11 is 0. The molecule has 0 unspecified atom stereocenters. The molecule has 0 saturated carbocycles. The van der Waals surface area contributed by atoms with Gasteiger partial charge in [-0.25, -0.2) is 4.79 Å². The zero-order chi connectivity index (χ0) is 13.4. The van der Waals surface area contributed by atoms with E-state index in [1.165, 1.54) is 0 Å². The standard InChI is InChI=1S/C13H14N4O2/c1-3-16-10-6-4-5-7-11(10)17(13(16)18)8-12-14-9(2)19-15-12/h4-7H,3,8H2,1-2H3. The second-order valence-electron chi connectivity index (χ2n) is 4.33. The monoisotopic (exact) mass is 258 g/mol. The van der Waals surface area contributed by atoms with Crippen LogP contribution in [-0.4, -0.2) is 19.3 Å². The number of rotatable bonds is 3. The number of hydrogen-bond donors (Lipinski definition) is 0. The van der Waals surface area contributed by atoms with Gasteiger partial charge < -0.3 is 4.52 Å². The second-order valence-corrected chi connectivity index (χ2v) is 4.33. The fourth-order valence-electron chi connectivity index (χ4n) is 2.28. The molecule has 0 radical (unpaired) electrons. The SMILES string of the molecule is CCn1c(=O)n(Cc2noc(C)n2)c2ccccc21. The zero-order valence-corrected chi connectivity index (χ0v) is 10.8. The van der Waals surface area contributed by atoms with E-state index in [4.69, 9.17) is 4.52 Å². The third-order valence-electron chi connectivity index (χ3n) is 3.11. The van der Waals surface area contributed by atoms with E-state index in [2.05, 4.69) is 10.1 Å². The quantitative estimate of drug-likeness (QED) is 0.715. The highest BCUT2D eigenvalue weighted by Gasteiger charge is 2.13. The van der Waals surface area contributed by atoms with E-state index >= 15 is 0 Å². The summed E-state index contributed by atoms with van der Waals surface area (Å²) in [6, 6.07) is 7.71. The molecule has 0 fully saturated rings. The minimum Gasteiger partial charge on any atom is -0.340 e. The van der Waals surface area contributed by atoms with Crippen molar-refractivity contribution in [2.45, 2.75) is 26.9 Å². The van der Waals surface area contributed by atoms with Gasteiger partial charge in [0.25, 0.3) is 0 Å². The van der Waals surface area contributed by atoms with Crippen molar-refractivity contribution in [2.75, 3.05) is 0 Å². The molecule has 3 aromatic rings. The summed E-state index contributed by atoms with van der Waals surface area (Å²) in [5.74, 6) is 1.01. The fraction of sp³-hybridized carbons (Fsp3) is 0.308. The summed E-state index contributed by atoms with van der Waals surface area (Å²) in [7, 11) is 0. The third-order valence-corrected chi connectivity index (χ3v) is 3.11. The molecular formula is C13H14N4O2. The molecular weight excluding hydrogens is 244 g/mol. The lowest BCUT2D eigenvalue weighted by Crippen LogP contribution is -2.24. The van der Waals surface area contributed by atoms with Crippen LogP contribution in [0.2, 0.25) is 0 Å². The van der Waals surface area contributed by atoms with Crippen molar-refractivity contribution in [2.24, 2.45) is 0 Å². The van der Waals surface area contributed by atoms with E-state index in [-0.39, 0.29) is 5.69 Å². The minimum absolute atomic E-state index is 0.0499. The summed E-state index contributed by atoms with van der Waals surface area (Å²) in [4.78, 5) is 16.5. The van der Waals surface area contributed by atoms with Gasteiger partial charge >= 0.3 is 5.69 Å². The second kappa shape index (κ2) is 4.38. The van der Waals surface area contributed by atoms with Crippen molar-refractivity contribution in [3.05, 3.63) is 46.5 Å². The third kappa shape index (κ3) is 1.85. The van der Waals surface area contributed by atoms with E-state index in [0.29, 0.717) is 24.8 Å². The summed E-state index contributed by atoms with van der Waals surface area (Å²) in [6.07, 6.45) is 0. The first-order valence-corrected chi connectivity index (χ1v) is 6.18. The van der Waals surface area contributed by atoms with Crippen molar-refractivity contribution < 1.29 is 4.52 Å². The van der Waals surface area contributed by atoms with Crippen LogP contribution in [0.5, 0.6) is 0 Å². The Bertz CT molecular complexity index is 781. The first kappa shape index (κ1) is 11.7. The average molecular weight is 258 g/mol. The van der Waals surface area contributed by atoms with E-state index in [1.54, 1.807) is 16.1 Å². The van der Waals surface area contributed by atoms with E-state index in [9.17, 15) is 4.79 Å². The molecule has 6 heteroatoms. The Morgan fingerprint density at radius 1 is 1.21 bits per heavy atom. The first-order valence-electron chi connectivity index (χ1n) is 6.18. The van der Waals surface area contributed by atoms with Gasteiger partial charge in [0.1, 0.15) is 0 Å². The highest BCUT2D eigenvalue weighted by molar-refractivity contribution is 5.76. The summed E-state index contributed by atoms with van der Waals surface area (Å²) in [6.45, 7) is 4.65.